The summed E-state index contributed by atoms with van der Waals surface area (Å²) >= 11 is 0. The third-order valence-electron chi connectivity index (χ3n) is 7.22. The molecule has 1 fully saturated rings. The first-order valence-electron chi connectivity index (χ1n) is 14.7. The fourth-order valence-corrected chi connectivity index (χ4v) is 5.06. The van der Waals surface area contributed by atoms with Crippen molar-refractivity contribution in [2.45, 2.75) is 66.0 Å². The van der Waals surface area contributed by atoms with E-state index in [0.29, 0.717) is 43.6 Å². The molecule has 1 atom stereocenters. The number of ether oxygens (including phenoxy) is 1. The van der Waals surface area contributed by atoms with E-state index in [2.05, 4.69) is 35.8 Å². The summed E-state index contributed by atoms with van der Waals surface area (Å²) in [6, 6.07) is 11.9. The van der Waals surface area contributed by atoms with E-state index >= 15 is 0 Å². The van der Waals surface area contributed by atoms with Gasteiger partial charge in [-0.1, -0.05) is 46.4 Å². The number of nitrogens with one attached hydrogen (secondary N) is 1. The van der Waals surface area contributed by atoms with E-state index in [9.17, 15) is 4.79 Å². The SMILES string of the molecule is C=c1/c(=C(\CC)NC(=O)c2cnc3ccccn23)c(CC)nn1Cc1cccc(OCC2CCCN2C)n1.CC.CO. The number of aromatic nitrogens is 5. The van der Waals surface area contributed by atoms with Gasteiger partial charge in [-0.25, -0.2) is 9.97 Å². The molecule has 0 aliphatic carbocycles. The molecule has 0 spiro atoms. The topological polar surface area (TPSA) is 110 Å². The van der Waals surface area contributed by atoms with Crippen LogP contribution < -0.4 is 20.6 Å². The molecule has 1 aliphatic heterocycles. The number of carbonyl (C=O) groups is 1. The molecule has 2 N–H and O–H groups in total. The Balaban J connectivity index is 0.00000116. The van der Waals surface area contributed by atoms with Crippen LogP contribution in [0.25, 0.3) is 17.9 Å². The molecule has 1 unspecified atom stereocenters. The van der Waals surface area contributed by atoms with Crippen molar-refractivity contribution in [3.8, 4) is 5.88 Å². The molecule has 1 amide bonds. The van der Waals surface area contributed by atoms with Crippen molar-refractivity contribution in [2.24, 2.45) is 0 Å². The molecule has 0 aromatic carbocycles. The van der Waals surface area contributed by atoms with Crippen molar-refractivity contribution in [3.05, 3.63) is 76.4 Å². The normalized spacial score (nSPS) is 15.4. The van der Waals surface area contributed by atoms with E-state index in [-0.39, 0.29) is 5.91 Å². The lowest BCUT2D eigenvalue weighted by molar-refractivity contribution is 0.0966. The first-order valence-corrected chi connectivity index (χ1v) is 14.7. The molecule has 0 radical (unpaired) electrons. The smallest absolute Gasteiger partial charge is 0.274 e. The summed E-state index contributed by atoms with van der Waals surface area (Å²) in [5.41, 5.74) is 3.73. The zero-order chi connectivity index (χ0) is 30.6. The Hall–Kier alpha value is -4.02. The first-order chi connectivity index (χ1) is 20.5. The minimum absolute atomic E-state index is 0.214. The van der Waals surface area contributed by atoms with Crippen LogP contribution in [0.3, 0.4) is 0 Å². The number of hydrogen-bond acceptors (Lipinski definition) is 7. The van der Waals surface area contributed by atoms with Crippen molar-refractivity contribution < 1.29 is 14.6 Å². The number of aliphatic hydroxyl groups is 1. The van der Waals surface area contributed by atoms with Gasteiger partial charge in [0.1, 0.15) is 17.9 Å². The van der Waals surface area contributed by atoms with Crippen LogP contribution in [0.4, 0.5) is 0 Å². The Morgan fingerprint density at radius 2 is 1.95 bits per heavy atom. The Labute approximate surface area is 248 Å². The molecule has 10 nitrogen and oxygen atoms in total. The molecule has 0 bridgehead atoms. The van der Waals surface area contributed by atoms with Gasteiger partial charge < -0.3 is 20.1 Å². The van der Waals surface area contributed by atoms with E-state index < -0.39 is 0 Å². The summed E-state index contributed by atoms with van der Waals surface area (Å²) in [7, 11) is 3.14. The molecule has 0 saturated carbocycles. The summed E-state index contributed by atoms with van der Waals surface area (Å²) in [6.45, 7) is 14.6. The predicted molar refractivity (Wildman–Crippen MR) is 167 cm³/mol. The maximum atomic E-state index is 13.2. The van der Waals surface area contributed by atoms with Crippen molar-refractivity contribution in [1.29, 1.82) is 0 Å². The van der Waals surface area contributed by atoms with E-state index in [0.717, 1.165) is 53.4 Å². The van der Waals surface area contributed by atoms with Gasteiger partial charge in [-0.3, -0.25) is 13.9 Å². The average molecular weight is 576 g/mol. The zero-order valence-electron chi connectivity index (χ0n) is 25.8. The second-order valence-corrected chi connectivity index (χ2v) is 9.69. The Bertz CT molecular complexity index is 1560. The van der Waals surface area contributed by atoms with Gasteiger partial charge in [-0.05, 0) is 57.5 Å². The Kier molecular flexibility index (Phi) is 12.3. The summed E-state index contributed by atoms with van der Waals surface area (Å²) in [4.78, 5) is 24.6. The first kappa shape index (κ1) is 32.5. The number of carbonyl (C=O) groups excluding carboxylic acids is 1. The number of nitrogens with zero attached hydrogens (tertiary/aromatic N) is 6. The highest BCUT2D eigenvalue weighted by atomic mass is 16.5. The molecule has 5 rings (SSSR count). The monoisotopic (exact) mass is 575 g/mol. The number of fused-ring (bicyclic) bond motifs is 1. The molecule has 10 heteroatoms. The van der Waals surface area contributed by atoms with E-state index in [1.807, 2.05) is 68.0 Å². The second kappa shape index (κ2) is 15.8. The maximum Gasteiger partial charge on any atom is 0.274 e. The van der Waals surface area contributed by atoms with Crippen molar-refractivity contribution in [3.63, 3.8) is 0 Å². The minimum atomic E-state index is -0.214. The van der Waals surface area contributed by atoms with Crippen LogP contribution >= 0.6 is 0 Å². The van der Waals surface area contributed by atoms with Gasteiger partial charge in [-0.15, -0.1) is 0 Å². The molecule has 1 aliphatic rings. The van der Waals surface area contributed by atoms with Gasteiger partial charge in [0.05, 0.1) is 29.5 Å². The van der Waals surface area contributed by atoms with E-state index in [1.54, 1.807) is 10.6 Å². The van der Waals surface area contributed by atoms with Crippen LogP contribution in [0.1, 0.15) is 68.8 Å². The minimum Gasteiger partial charge on any atom is -0.476 e. The predicted octanol–water partition coefficient (Wildman–Crippen LogP) is 3.00. The van der Waals surface area contributed by atoms with Crippen LogP contribution in [0.2, 0.25) is 0 Å². The lowest BCUT2D eigenvalue weighted by atomic mass is 10.2. The molecular weight excluding hydrogens is 530 g/mol. The molecule has 4 aromatic rings. The quantitative estimate of drug-likeness (QED) is 0.316. The summed E-state index contributed by atoms with van der Waals surface area (Å²) < 4.78 is 9.67. The van der Waals surface area contributed by atoms with Crippen LogP contribution in [0, 0.1) is 0 Å². The molecule has 42 heavy (non-hydrogen) atoms. The van der Waals surface area contributed by atoms with E-state index in [1.165, 1.54) is 6.42 Å². The summed E-state index contributed by atoms with van der Waals surface area (Å²) in [6.07, 6.45) is 7.13. The van der Waals surface area contributed by atoms with Gasteiger partial charge >= 0.3 is 0 Å². The van der Waals surface area contributed by atoms with Crippen molar-refractivity contribution in [2.75, 3.05) is 27.3 Å². The number of aliphatic hydroxyl groups excluding tert-OH is 1. The molecular formula is C32H45N7O3. The standard InChI is InChI=1S/C29H35N7O2.C2H6.CH4O/c1-5-23(32-29(37)25-17-30-26-13-7-8-16-35(25)26)28-20(3)36(33-24(28)6-2)18-21-11-9-14-27(31-21)38-19-22-12-10-15-34(22)4;2*1-2/h7-9,11,13-14,16-17,22H,3,5-6,10,12,15,18-19H2,1-2,4H3,(H,32,37);1-2H3;2H,1H3/b28-23-;;. The highest BCUT2D eigenvalue weighted by molar-refractivity contribution is 5.97. The van der Waals surface area contributed by atoms with Crippen LogP contribution in [0.15, 0.2) is 48.8 Å². The highest BCUT2D eigenvalue weighted by Gasteiger charge is 2.21. The number of amides is 1. The maximum absolute atomic E-state index is 13.2. The number of pyridine rings is 2. The zero-order valence-corrected chi connectivity index (χ0v) is 25.8. The lowest BCUT2D eigenvalue weighted by Crippen LogP contribution is -2.37. The number of imidazole rings is 1. The summed E-state index contributed by atoms with van der Waals surface area (Å²) in [5, 5.41) is 16.6. The van der Waals surface area contributed by atoms with E-state index in [4.69, 9.17) is 19.9 Å². The number of aryl methyl sites for hydroxylation is 1. The lowest BCUT2D eigenvalue weighted by Gasteiger charge is -2.19. The van der Waals surface area contributed by atoms with Crippen molar-refractivity contribution in [1.82, 2.24) is 34.4 Å². The van der Waals surface area contributed by atoms with Gasteiger partial charge in [0, 0.05) is 36.3 Å². The van der Waals surface area contributed by atoms with Crippen LogP contribution in [-0.4, -0.2) is 73.4 Å². The number of likely N-dealkylation sites (N-methyl/N-ethyl adjacent to an activating group) is 1. The number of hydrogen-bond donors (Lipinski definition) is 2. The fourth-order valence-electron chi connectivity index (χ4n) is 5.06. The molecule has 226 valence electrons. The fraction of sp³-hybridized carbons (Fsp3) is 0.438. The van der Waals surface area contributed by atoms with Crippen LogP contribution in [-0.2, 0) is 13.0 Å². The van der Waals surface area contributed by atoms with Gasteiger partial charge in [-0.2, -0.15) is 5.10 Å². The van der Waals surface area contributed by atoms with Crippen LogP contribution in [0.5, 0.6) is 5.88 Å². The van der Waals surface area contributed by atoms with Gasteiger partial charge in [0.2, 0.25) is 5.88 Å². The number of rotatable bonds is 9. The third kappa shape index (κ3) is 7.43. The highest BCUT2D eigenvalue weighted by Crippen LogP contribution is 2.17. The largest absolute Gasteiger partial charge is 0.476 e. The molecule has 4 aromatic heterocycles. The Morgan fingerprint density at radius 1 is 1.17 bits per heavy atom. The molecule has 5 heterocycles. The third-order valence-corrected chi connectivity index (χ3v) is 7.22. The second-order valence-electron chi connectivity index (χ2n) is 9.69. The van der Waals surface area contributed by atoms with Gasteiger partial charge in [0.25, 0.3) is 5.91 Å². The van der Waals surface area contributed by atoms with Crippen molar-refractivity contribution >= 4 is 23.8 Å². The average Bonchev–Trinajstić information content (AvgIpc) is 3.74. The van der Waals surface area contributed by atoms with Gasteiger partial charge in [0.15, 0.2) is 0 Å². The number of likely N-dealkylation sites (tertiary alicyclic amines) is 1. The summed E-state index contributed by atoms with van der Waals surface area (Å²) in [5.74, 6) is 0.409. The molecule has 1 saturated heterocycles. The Morgan fingerprint density at radius 3 is 2.64 bits per heavy atom.